The topological polar surface area (TPSA) is 212 Å². The quantitative estimate of drug-likeness (QED) is 0.249. The van der Waals surface area contributed by atoms with Crippen molar-refractivity contribution in [1.29, 1.82) is 0 Å². The van der Waals surface area contributed by atoms with Crippen molar-refractivity contribution in [2.75, 3.05) is 0 Å². The van der Waals surface area contributed by atoms with E-state index in [-0.39, 0.29) is 59.1 Å². The number of carboxylic acid groups (broad SMARTS) is 5. The first-order chi connectivity index (χ1) is 9.40. The van der Waals surface area contributed by atoms with E-state index in [1.165, 1.54) is 0 Å². The predicted molar refractivity (Wildman–Crippen MR) is 56.2 cm³/mol. The Morgan fingerprint density at radius 1 is 0.783 bits per heavy atom. The standard InChI is InChI=1S/C6H8O7.C4H4O4.2Na/c7-3(8)1-6(13,5(11)12)2-4(9)10;5-3(6)1-2-4(7)8;;/h13H,1-2H2,(H,7,8)(H,9,10)(H,11,12);1-2H,(H,5,6)(H,7,8);;/q;;2*+1/p-2. The molecule has 0 atom stereocenters. The number of carboxylic acids is 5. The van der Waals surface area contributed by atoms with Gasteiger partial charge in [-0.15, -0.1) is 0 Å². The van der Waals surface area contributed by atoms with Crippen LogP contribution in [0.15, 0.2) is 12.2 Å². The first kappa shape index (κ1) is 30.0. The van der Waals surface area contributed by atoms with Crippen LogP contribution in [0.1, 0.15) is 12.8 Å². The summed E-state index contributed by atoms with van der Waals surface area (Å²) < 4.78 is 0. The maximum Gasteiger partial charge on any atom is 1.00 e. The van der Waals surface area contributed by atoms with E-state index in [9.17, 15) is 34.2 Å². The van der Waals surface area contributed by atoms with Crippen LogP contribution in [0.3, 0.4) is 0 Å². The van der Waals surface area contributed by atoms with E-state index in [1.54, 1.807) is 0 Å². The Morgan fingerprint density at radius 3 is 1.17 bits per heavy atom. The molecule has 0 aliphatic heterocycles. The first-order valence-electron chi connectivity index (χ1n) is 4.90. The fourth-order valence-corrected chi connectivity index (χ4v) is 0.850. The summed E-state index contributed by atoms with van der Waals surface area (Å²) in [5.41, 5.74) is -2.74. The molecule has 0 radical (unpaired) electrons. The third kappa shape index (κ3) is 19.0. The molecule has 0 rings (SSSR count). The minimum atomic E-state index is -2.74. The van der Waals surface area contributed by atoms with Gasteiger partial charge in [0.2, 0.25) is 0 Å². The minimum absolute atomic E-state index is 0. The van der Waals surface area contributed by atoms with E-state index in [1.807, 2.05) is 0 Å². The summed E-state index contributed by atoms with van der Waals surface area (Å²) in [4.78, 5) is 49.3. The smallest absolute Gasteiger partial charge is 0.545 e. The molecule has 0 aromatic carbocycles. The molecule has 0 amide bonds. The van der Waals surface area contributed by atoms with Crippen molar-refractivity contribution in [3.05, 3.63) is 12.2 Å². The molecule has 0 spiro atoms. The number of carbonyl (C=O) groups is 5. The van der Waals surface area contributed by atoms with Gasteiger partial charge in [0.1, 0.15) is 0 Å². The van der Waals surface area contributed by atoms with Gasteiger partial charge in [-0.2, -0.15) is 0 Å². The van der Waals surface area contributed by atoms with Crippen LogP contribution < -0.4 is 69.3 Å². The molecule has 0 heterocycles. The Kier molecular flexibility index (Phi) is 19.1. The normalized spacial score (nSPS) is 9.43. The zero-order chi connectivity index (χ0) is 17.2. The van der Waals surface area contributed by atoms with Crippen LogP contribution in [-0.4, -0.2) is 55.9 Å². The average molecular weight is 352 g/mol. The van der Waals surface area contributed by atoms with Gasteiger partial charge in [-0.25, -0.2) is 4.79 Å². The van der Waals surface area contributed by atoms with E-state index < -0.39 is 48.3 Å². The molecule has 0 saturated carbocycles. The van der Waals surface area contributed by atoms with Crippen LogP contribution in [-0.2, 0) is 24.0 Å². The zero-order valence-corrected chi connectivity index (χ0v) is 16.2. The Hall–Kier alpha value is -0.950. The number of hydrogen-bond acceptors (Lipinski definition) is 8. The summed E-state index contributed by atoms with van der Waals surface area (Å²) >= 11 is 0. The Balaban J connectivity index is -0.000000158. The second-order valence-electron chi connectivity index (χ2n) is 3.45. The second-order valence-corrected chi connectivity index (χ2v) is 3.45. The van der Waals surface area contributed by atoms with Gasteiger partial charge < -0.3 is 40.2 Å². The summed E-state index contributed by atoms with van der Waals surface area (Å²) in [6, 6.07) is 0. The molecular weight excluding hydrogens is 342 g/mol. The van der Waals surface area contributed by atoms with Crippen molar-refractivity contribution in [3.8, 4) is 0 Å². The summed E-state index contributed by atoms with van der Waals surface area (Å²) in [7, 11) is 0. The summed E-state index contributed by atoms with van der Waals surface area (Å²) in [6.45, 7) is 0. The summed E-state index contributed by atoms with van der Waals surface area (Å²) in [5, 5.41) is 52.6. The molecule has 11 nitrogen and oxygen atoms in total. The van der Waals surface area contributed by atoms with E-state index in [2.05, 4.69) is 0 Å². The van der Waals surface area contributed by atoms with E-state index in [4.69, 9.17) is 20.4 Å². The first-order valence-corrected chi connectivity index (χ1v) is 4.90. The molecule has 4 N–H and O–H groups in total. The number of aliphatic hydroxyl groups is 1. The number of rotatable bonds is 7. The molecule has 13 heteroatoms. The maximum atomic E-state index is 10.3. The van der Waals surface area contributed by atoms with Crippen molar-refractivity contribution >= 4 is 29.8 Å². The van der Waals surface area contributed by atoms with Crippen LogP contribution in [0.5, 0.6) is 0 Å². The van der Waals surface area contributed by atoms with Gasteiger partial charge in [-0.05, 0) is 12.2 Å². The molecule has 0 aromatic heterocycles. The Bertz CT molecular complexity index is 439. The zero-order valence-electron chi connectivity index (χ0n) is 12.2. The average Bonchev–Trinajstić information content (AvgIpc) is 2.24. The van der Waals surface area contributed by atoms with Gasteiger partial charge in [0.15, 0.2) is 5.60 Å². The van der Waals surface area contributed by atoms with Crippen LogP contribution in [0.25, 0.3) is 0 Å². The Labute approximate surface area is 173 Å². The van der Waals surface area contributed by atoms with Gasteiger partial charge in [-0.1, -0.05) is 0 Å². The van der Waals surface area contributed by atoms with E-state index in [0.29, 0.717) is 12.2 Å². The number of carbonyl (C=O) groups excluding carboxylic acids is 2. The number of aliphatic carboxylic acids is 5. The van der Waals surface area contributed by atoms with Gasteiger partial charge in [0, 0.05) is 0 Å². The fourth-order valence-electron chi connectivity index (χ4n) is 0.850. The molecule has 23 heavy (non-hydrogen) atoms. The number of hydrogen-bond donors (Lipinski definition) is 4. The van der Waals surface area contributed by atoms with Crippen LogP contribution in [0.4, 0.5) is 0 Å². The minimum Gasteiger partial charge on any atom is -0.545 e. The van der Waals surface area contributed by atoms with Gasteiger partial charge >= 0.3 is 77.0 Å². The third-order valence-electron chi connectivity index (χ3n) is 1.64. The van der Waals surface area contributed by atoms with Crippen molar-refractivity contribution in [2.45, 2.75) is 18.4 Å². The van der Waals surface area contributed by atoms with Crippen molar-refractivity contribution in [1.82, 2.24) is 0 Å². The molecule has 118 valence electrons. The molecule has 0 aliphatic rings. The largest absolute Gasteiger partial charge is 1.00 e. The van der Waals surface area contributed by atoms with Crippen molar-refractivity contribution in [3.63, 3.8) is 0 Å². The maximum absolute atomic E-state index is 10.3. The van der Waals surface area contributed by atoms with Crippen molar-refractivity contribution in [2.24, 2.45) is 0 Å². The van der Waals surface area contributed by atoms with E-state index >= 15 is 0 Å². The van der Waals surface area contributed by atoms with E-state index in [0.717, 1.165) is 0 Å². The monoisotopic (exact) mass is 352 g/mol. The second kappa shape index (κ2) is 14.6. The molecule has 0 aromatic rings. The predicted octanol–water partition coefficient (Wildman–Crippen LogP) is -10.2. The Morgan fingerprint density at radius 2 is 1.04 bits per heavy atom. The van der Waals surface area contributed by atoms with Gasteiger partial charge in [0.25, 0.3) is 0 Å². The SMILES string of the molecule is O=C(O)CC(O)(CC(=O)O)C(=O)O.O=C([O-])C=CC(=O)[O-].[Na+].[Na+]. The fraction of sp³-hybridized carbons (Fsp3) is 0.300. The van der Waals surface area contributed by atoms with Gasteiger partial charge in [0.05, 0.1) is 24.8 Å². The third-order valence-corrected chi connectivity index (χ3v) is 1.64. The molecular formula is C10H10Na2O11. The molecule has 0 aliphatic carbocycles. The van der Waals surface area contributed by atoms with Crippen LogP contribution in [0.2, 0.25) is 0 Å². The summed E-state index contributed by atoms with van der Waals surface area (Å²) in [5.74, 6) is -8.11. The van der Waals surface area contributed by atoms with Gasteiger partial charge in [-0.3, -0.25) is 9.59 Å². The molecule has 0 fully saturated rings. The summed E-state index contributed by atoms with van der Waals surface area (Å²) in [6.07, 6.45) is -1.52. The van der Waals surface area contributed by atoms with Crippen LogP contribution in [0, 0.1) is 0 Å². The van der Waals surface area contributed by atoms with Crippen molar-refractivity contribution < 1.29 is 114 Å². The molecule has 0 saturated heterocycles. The molecule has 0 unspecified atom stereocenters. The molecule has 0 bridgehead atoms. The van der Waals surface area contributed by atoms with Crippen LogP contribution >= 0.6 is 0 Å².